The van der Waals surface area contributed by atoms with Gasteiger partial charge in [0.1, 0.15) is 0 Å². The fourth-order valence-electron chi connectivity index (χ4n) is 1.80. The van der Waals surface area contributed by atoms with Gasteiger partial charge in [-0.25, -0.2) is 8.42 Å². The van der Waals surface area contributed by atoms with Gasteiger partial charge in [0.05, 0.1) is 18.3 Å². The van der Waals surface area contributed by atoms with Crippen molar-refractivity contribution in [1.82, 2.24) is 9.29 Å². The van der Waals surface area contributed by atoms with Gasteiger partial charge in [-0.15, -0.1) is 0 Å². The molecule has 1 aromatic rings. The lowest BCUT2D eigenvalue weighted by Gasteiger charge is -2.22. The molecule has 1 aromatic heterocycles. The number of rotatable bonds is 6. The highest BCUT2D eigenvalue weighted by Crippen LogP contribution is 2.15. The van der Waals surface area contributed by atoms with E-state index in [2.05, 4.69) is 4.98 Å². The van der Waals surface area contributed by atoms with Crippen molar-refractivity contribution in [1.29, 1.82) is 5.26 Å². The molecule has 0 aliphatic heterocycles. The van der Waals surface area contributed by atoms with Crippen LogP contribution >= 0.6 is 0 Å². The van der Waals surface area contributed by atoms with E-state index >= 15 is 0 Å². The van der Waals surface area contributed by atoms with Crippen LogP contribution in [0.15, 0.2) is 18.2 Å². The lowest BCUT2D eigenvalue weighted by Crippen LogP contribution is -2.37. The van der Waals surface area contributed by atoms with Gasteiger partial charge in [-0.1, -0.05) is 19.9 Å². The molecule has 0 fully saturated rings. The summed E-state index contributed by atoms with van der Waals surface area (Å²) in [6.45, 7) is 5.86. The molecule has 0 spiro atoms. The molecule has 6 heteroatoms. The average Bonchev–Trinajstić information content (AvgIpc) is 2.37. The van der Waals surface area contributed by atoms with Crippen LogP contribution in [0, 0.1) is 18.3 Å². The summed E-state index contributed by atoms with van der Waals surface area (Å²) in [5, 5.41) is 7.96. The van der Waals surface area contributed by atoms with Gasteiger partial charge in [-0.3, -0.25) is 4.98 Å². The Morgan fingerprint density at radius 3 is 2.58 bits per heavy atom. The van der Waals surface area contributed by atoms with Crippen LogP contribution in [0.5, 0.6) is 0 Å². The Morgan fingerprint density at radius 2 is 2.11 bits per heavy atom. The average molecular weight is 281 g/mol. The third-order valence-corrected chi connectivity index (χ3v) is 5.14. The molecular weight excluding hydrogens is 262 g/mol. The Bertz CT molecular complexity index is 563. The number of nitrogens with zero attached hydrogens (tertiary/aromatic N) is 3. The Labute approximate surface area is 114 Å². The van der Waals surface area contributed by atoms with Crippen molar-refractivity contribution in [2.45, 2.75) is 39.0 Å². The maximum atomic E-state index is 12.3. The highest BCUT2D eigenvalue weighted by atomic mass is 32.2. The van der Waals surface area contributed by atoms with Crippen LogP contribution in [0.1, 0.15) is 31.7 Å². The Balaban J connectivity index is 2.99. The van der Waals surface area contributed by atoms with Crippen LogP contribution in [-0.4, -0.2) is 29.5 Å². The summed E-state index contributed by atoms with van der Waals surface area (Å²) < 4.78 is 25.9. The third-order valence-electron chi connectivity index (χ3n) is 2.87. The zero-order chi connectivity index (χ0) is 14.5. The van der Waals surface area contributed by atoms with Crippen molar-refractivity contribution in [2.75, 3.05) is 6.54 Å². The van der Waals surface area contributed by atoms with Gasteiger partial charge in [-0.05, 0) is 25.5 Å². The maximum Gasteiger partial charge on any atom is 0.230 e. The predicted octanol–water partition coefficient (Wildman–Crippen LogP) is 1.84. The molecule has 0 radical (unpaired) electrons. The molecule has 1 heterocycles. The highest BCUT2D eigenvalue weighted by Gasteiger charge is 2.30. The van der Waals surface area contributed by atoms with Gasteiger partial charge in [0.25, 0.3) is 0 Å². The minimum atomic E-state index is -3.59. The van der Waals surface area contributed by atoms with E-state index in [0.717, 1.165) is 5.69 Å². The molecule has 1 unspecified atom stereocenters. The predicted molar refractivity (Wildman–Crippen MR) is 73.7 cm³/mol. The number of aromatic nitrogens is 1. The smallest absolute Gasteiger partial charge is 0.230 e. The number of nitriles is 1. The third kappa shape index (κ3) is 3.75. The Hall–Kier alpha value is -1.45. The quantitative estimate of drug-likeness (QED) is 0.797. The lowest BCUT2D eigenvalue weighted by atomic mass is 10.3. The van der Waals surface area contributed by atoms with Gasteiger partial charge in [0, 0.05) is 12.2 Å². The molecule has 5 nitrogen and oxygen atoms in total. The second-order valence-corrected chi connectivity index (χ2v) is 6.38. The number of pyridine rings is 1. The van der Waals surface area contributed by atoms with Crippen molar-refractivity contribution in [3.8, 4) is 6.07 Å². The number of sulfonamides is 1. The van der Waals surface area contributed by atoms with E-state index in [0.29, 0.717) is 12.2 Å². The van der Waals surface area contributed by atoms with Gasteiger partial charge in [0.15, 0.2) is 5.25 Å². The fourth-order valence-corrected chi connectivity index (χ4v) is 3.38. The first-order valence-electron chi connectivity index (χ1n) is 6.26. The topological polar surface area (TPSA) is 74.1 Å². The Morgan fingerprint density at radius 1 is 1.42 bits per heavy atom. The summed E-state index contributed by atoms with van der Waals surface area (Å²) in [6, 6.07) is 7.35. The van der Waals surface area contributed by atoms with Gasteiger partial charge < -0.3 is 0 Å². The standard InChI is InChI=1S/C13H19N3O2S/c1-4-13(9-14)19(17,18)16(5-2)10-12-8-6-7-11(3)15-12/h6-8,13H,4-5,10H2,1-3H3. The van der Waals surface area contributed by atoms with E-state index in [-0.39, 0.29) is 13.0 Å². The van der Waals surface area contributed by atoms with Crippen molar-refractivity contribution in [2.24, 2.45) is 0 Å². The van der Waals surface area contributed by atoms with Crippen molar-refractivity contribution in [3.63, 3.8) is 0 Å². The first-order chi connectivity index (χ1) is 8.95. The minimum Gasteiger partial charge on any atom is -0.257 e. The van der Waals surface area contributed by atoms with Crippen LogP contribution in [0.4, 0.5) is 0 Å². The second kappa shape index (κ2) is 6.64. The maximum absolute atomic E-state index is 12.3. The van der Waals surface area contributed by atoms with E-state index in [1.807, 2.05) is 25.1 Å². The van der Waals surface area contributed by atoms with E-state index in [1.54, 1.807) is 19.9 Å². The molecule has 0 saturated carbocycles. The zero-order valence-electron chi connectivity index (χ0n) is 11.5. The molecule has 0 aliphatic rings. The summed E-state index contributed by atoms with van der Waals surface area (Å²) in [4.78, 5) is 4.30. The van der Waals surface area contributed by atoms with Gasteiger partial charge in [0.2, 0.25) is 10.0 Å². The van der Waals surface area contributed by atoms with Gasteiger partial charge in [-0.2, -0.15) is 9.57 Å². The largest absolute Gasteiger partial charge is 0.257 e. The number of hydrogen-bond donors (Lipinski definition) is 0. The van der Waals surface area contributed by atoms with Crippen LogP contribution in [0.25, 0.3) is 0 Å². The zero-order valence-corrected chi connectivity index (χ0v) is 12.3. The summed E-state index contributed by atoms with van der Waals surface area (Å²) in [5.41, 5.74) is 1.54. The lowest BCUT2D eigenvalue weighted by molar-refractivity contribution is 0.414. The van der Waals surface area contributed by atoms with Crippen molar-refractivity contribution in [3.05, 3.63) is 29.6 Å². The van der Waals surface area contributed by atoms with E-state index < -0.39 is 15.3 Å². The Kier molecular flexibility index (Phi) is 5.45. The highest BCUT2D eigenvalue weighted by molar-refractivity contribution is 7.89. The molecule has 0 aliphatic carbocycles. The van der Waals surface area contributed by atoms with Crippen LogP contribution in [0.2, 0.25) is 0 Å². The molecule has 0 amide bonds. The minimum absolute atomic E-state index is 0.207. The van der Waals surface area contributed by atoms with Gasteiger partial charge >= 0.3 is 0 Å². The van der Waals surface area contributed by atoms with E-state index in [1.165, 1.54) is 4.31 Å². The molecular formula is C13H19N3O2S. The first kappa shape index (κ1) is 15.6. The molecule has 19 heavy (non-hydrogen) atoms. The van der Waals surface area contributed by atoms with Crippen molar-refractivity contribution >= 4 is 10.0 Å². The van der Waals surface area contributed by atoms with E-state index in [9.17, 15) is 8.42 Å². The SMILES string of the molecule is CCC(C#N)S(=O)(=O)N(CC)Cc1cccc(C)n1. The van der Waals surface area contributed by atoms with Crippen LogP contribution in [-0.2, 0) is 16.6 Å². The summed E-state index contributed by atoms with van der Waals surface area (Å²) in [7, 11) is -3.59. The molecule has 0 bridgehead atoms. The molecule has 0 N–H and O–H groups in total. The monoisotopic (exact) mass is 281 g/mol. The number of hydrogen-bond acceptors (Lipinski definition) is 4. The molecule has 0 saturated heterocycles. The molecule has 1 atom stereocenters. The van der Waals surface area contributed by atoms with Crippen LogP contribution in [0.3, 0.4) is 0 Å². The summed E-state index contributed by atoms with van der Waals surface area (Å²) in [6.07, 6.45) is 0.288. The summed E-state index contributed by atoms with van der Waals surface area (Å²) >= 11 is 0. The summed E-state index contributed by atoms with van der Waals surface area (Å²) in [5.74, 6) is 0. The first-order valence-corrected chi connectivity index (χ1v) is 7.77. The van der Waals surface area contributed by atoms with E-state index in [4.69, 9.17) is 5.26 Å². The molecule has 104 valence electrons. The van der Waals surface area contributed by atoms with Crippen molar-refractivity contribution < 1.29 is 8.42 Å². The molecule has 1 rings (SSSR count). The fraction of sp³-hybridized carbons (Fsp3) is 0.538. The van der Waals surface area contributed by atoms with Crippen LogP contribution < -0.4 is 0 Å². The normalized spacial score (nSPS) is 13.2. The number of aryl methyl sites for hydroxylation is 1. The second-order valence-electron chi connectivity index (χ2n) is 4.27. The molecule has 0 aromatic carbocycles.